The van der Waals surface area contributed by atoms with Gasteiger partial charge in [0.05, 0.1) is 50.3 Å². The van der Waals surface area contributed by atoms with Crippen molar-refractivity contribution in [1.29, 1.82) is 0 Å². The Bertz CT molecular complexity index is 4370. The Morgan fingerprint density at radius 3 is 2.15 bits per heavy atom. The van der Waals surface area contributed by atoms with Crippen LogP contribution in [0.1, 0.15) is 101 Å². The molecule has 4 aliphatic rings. The topological polar surface area (TPSA) is 397 Å². The van der Waals surface area contributed by atoms with E-state index in [1.54, 1.807) is 35.8 Å². The molecule has 8 N–H and O–H groups in total. The third-order valence-corrected chi connectivity index (χ3v) is 22.3. The summed E-state index contributed by atoms with van der Waals surface area (Å²) in [4.78, 5) is 88.6. The van der Waals surface area contributed by atoms with Crippen molar-refractivity contribution in [2.45, 2.75) is 145 Å². The lowest BCUT2D eigenvalue weighted by Gasteiger charge is -2.28. The molecule has 3 fully saturated rings. The van der Waals surface area contributed by atoms with Gasteiger partial charge in [-0.15, -0.1) is 9.62 Å². The van der Waals surface area contributed by atoms with E-state index in [0.717, 1.165) is 60.7 Å². The average molecular weight is 1470 g/mol. The molecule has 0 spiro atoms. The normalized spacial score (nSPS) is 22.7. The van der Waals surface area contributed by atoms with Crippen molar-refractivity contribution in [3.05, 3.63) is 122 Å². The molecule has 4 aliphatic heterocycles. The number of para-hydroxylation sites is 1. The first-order chi connectivity index (χ1) is 48.9. The Morgan fingerprint density at radius 2 is 1.42 bits per heavy atom. The largest absolute Gasteiger partial charge is 0.750 e. The van der Waals surface area contributed by atoms with Crippen LogP contribution in [0.3, 0.4) is 0 Å². The standard InChI is InChI=1S/C64H74F2N17O14P3S/c1-38-56-58(51(66)64(94-56)82-37-76-54-60(68)72-35-74-62(54)82)97-100(90,92-32-45-57(96-99(89)95-38)50(65)63(93-45)81-36-75-53-59(67)71-34-73-61(53)81)101-33-39-23-25-41(26-24-39)77-48(86)30-70-47(85)20-6-5-14-28-83-55-42-17-8-7-16-40(42)31-80(44-19-10-9-18-43(44)52(55)78-79-83)49(87)22-12-11-21-46(84)69-27-13-3-4-15-29-91-98(2)88/h7-10,16-19,23-26,34-37,45,50-51,56-58,63-64,88H,1,3-6,11-15,20-22,27-33H2,2H3,(H6-,67,68,69,70,71,72,73,74,77,84,85,86)/p+1/t45-,50-,51-,56-,57-,58+,63-,64-,98?,100?/m1/s1. The minimum absolute atomic E-state index is 0.000385. The van der Waals surface area contributed by atoms with Crippen LogP contribution in [0.4, 0.5) is 31.8 Å². The molecule has 101 heavy (non-hydrogen) atoms. The molecule has 31 nitrogen and oxygen atoms in total. The number of carbonyl (C=O) groups is 4. The minimum atomic E-state index is -4.65. The highest BCUT2D eigenvalue weighted by atomic mass is 32.7. The molecule has 8 aromatic rings. The third-order valence-electron chi connectivity index (χ3n) is 17.3. The lowest BCUT2D eigenvalue weighted by Crippen LogP contribution is -2.35. The summed E-state index contributed by atoms with van der Waals surface area (Å²) in [5, 5.41) is 17.7. The maximum Gasteiger partial charge on any atom is 0.750 e. The first-order valence-electron chi connectivity index (χ1n) is 32.8. The number of halogens is 2. The molecule has 11 atom stereocenters. The molecule has 12 rings (SSSR count). The number of unbranched alkanes of at least 4 members (excludes halogenated alkanes) is 6. The van der Waals surface area contributed by atoms with Crippen molar-refractivity contribution < 1.29 is 74.1 Å². The van der Waals surface area contributed by atoms with E-state index in [4.69, 9.17) is 43.6 Å². The van der Waals surface area contributed by atoms with Crippen LogP contribution in [-0.4, -0.2) is 152 Å². The van der Waals surface area contributed by atoms with Crippen molar-refractivity contribution in [3.63, 3.8) is 0 Å². The van der Waals surface area contributed by atoms with Crippen LogP contribution in [0.25, 0.3) is 44.8 Å². The van der Waals surface area contributed by atoms with E-state index in [1.807, 2.05) is 53.2 Å². The monoisotopic (exact) mass is 1470 g/mol. The fourth-order valence-electron chi connectivity index (χ4n) is 12.2. The predicted molar refractivity (Wildman–Crippen MR) is 369 cm³/mol. The maximum atomic E-state index is 17.1. The number of benzene rings is 3. The summed E-state index contributed by atoms with van der Waals surface area (Å²) in [6.07, 6.45) is -1.92. The Labute approximate surface area is 583 Å². The van der Waals surface area contributed by atoms with Crippen molar-refractivity contribution in [2.24, 2.45) is 0 Å². The molecule has 9 heterocycles. The number of carbonyl (C=O) groups excluding carboxylic acids is 4. The first kappa shape index (κ1) is 72.4. The van der Waals surface area contributed by atoms with Crippen LogP contribution in [-0.2, 0) is 79.2 Å². The molecule has 0 radical (unpaired) electrons. The highest BCUT2D eigenvalue weighted by Crippen LogP contribution is 2.65. The Kier molecular flexibility index (Phi) is 23.8. The van der Waals surface area contributed by atoms with Crippen LogP contribution in [0.15, 0.2) is 110 Å². The number of anilines is 4. The molecule has 5 aromatic heterocycles. The third kappa shape index (κ3) is 17.2. The summed E-state index contributed by atoms with van der Waals surface area (Å²) >= 11 is 0.648. The number of rotatable bonds is 27. The van der Waals surface area contributed by atoms with Gasteiger partial charge in [0, 0.05) is 66.1 Å². The van der Waals surface area contributed by atoms with E-state index >= 15 is 13.3 Å². The number of nitrogens with zero attached hydrogens (tertiary/aromatic N) is 12. The van der Waals surface area contributed by atoms with Gasteiger partial charge < -0.3 is 51.2 Å². The van der Waals surface area contributed by atoms with E-state index in [1.165, 1.54) is 21.8 Å². The summed E-state index contributed by atoms with van der Waals surface area (Å²) in [5.41, 5.74) is 18.2. The summed E-state index contributed by atoms with van der Waals surface area (Å²) in [5.74, 6) is -1.49. The molecular weight excluding hydrogens is 1390 g/mol. The number of aryl methyl sites for hydroxylation is 1. The van der Waals surface area contributed by atoms with E-state index in [-0.39, 0.29) is 76.8 Å². The van der Waals surface area contributed by atoms with Crippen LogP contribution in [0, 0.1) is 0 Å². The van der Waals surface area contributed by atoms with Gasteiger partial charge in [0.1, 0.15) is 41.6 Å². The fourth-order valence-corrected chi connectivity index (χ4v) is 16.8. The smallest absolute Gasteiger partial charge is 0.382 e. The van der Waals surface area contributed by atoms with Crippen LogP contribution in [0.5, 0.6) is 0 Å². The second-order valence-corrected chi connectivity index (χ2v) is 30.3. The van der Waals surface area contributed by atoms with E-state index < -0.39 is 90.9 Å². The number of aromatic nitrogens is 11. The Morgan fingerprint density at radius 1 is 0.772 bits per heavy atom. The number of ether oxygens (including phenoxy) is 2. The number of hydrogen-bond acceptors (Lipinski definition) is 25. The second-order valence-electron chi connectivity index (χ2n) is 24.3. The number of nitrogen functional groups attached to an aromatic ring is 2. The van der Waals surface area contributed by atoms with Gasteiger partial charge in [-0.1, -0.05) is 85.7 Å². The number of amides is 4. The molecule has 0 saturated carbocycles. The van der Waals surface area contributed by atoms with Crippen molar-refractivity contribution in [3.8, 4) is 22.5 Å². The summed E-state index contributed by atoms with van der Waals surface area (Å²) in [6, 6.07) is 22.0. The van der Waals surface area contributed by atoms with E-state index in [9.17, 15) is 28.6 Å². The zero-order valence-electron chi connectivity index (χ0n) is 54.8. The molecule has 3 aromatic carbocycles. The van der Waals surface area contributed by atoms with Gasteiger partial charge in [-0.05, 0) is 79.2 Å². The lowest BCUT2D eigenvalue weighted by molar-refractivity contribution is -0.124. The number of imidazole rings is 2. The van der Waals surface area contributed by atoms with Gasteiger partial charge in [0.15, 0.2) is 74.1 Å². The first-order valence-corrected chi connectivity index (χ1v) is 38.7. The minimum Gasteiger partial charge on any atom is -0.382 e. The van der Waals surface area contributed by atoms with Gasteiger partial charge in [-0.2, -0.15) is 0 Å². The van der Waals surface area contributed by atoms with Gasteiger partial charge in [0.25, 0.3) is 0 Å². The van der Waals surface area contributed by atoms with Crippen LogP contribution >= 0.6 is 34.8 Å². The summed E-state index contributed by atoms with van der Waals surface area (Å²) in [7, 11) is -4.61. The number of hydrogen-bond donors (Lipinski definition) is 6. The summed E-state index contributed by atoms with van der Waals surface area (Å²) in [6.45, 7) is 1.74. The molecule has 3 unspecified atom stereocenters. The van der Waals surface area contributed by atoms with E-state index in [0.29, 0.717) is 98.8 Å². The molecular formula is C64H75F2N17O14P3S+. The highest BCUT2D eigenvalue weighted by molar-refractivity contribution is 8.54. The molecule has 3 saturated heterocycles. The zero-order valence-corrected chi connectivity index (χ0v) is 58.3. The zero-order chi connectivity index (χ0) is 70.7. The van der Waals surface area contributed by atoms with E-state index in [2.05, 4.69) is 62.7 Å². The molecule has 37 heteroatoms. The average Bonchev–Trinajstić information content (AvgIpc) is 1.68. The maximum absolute atomic E-state index is 17.1. The SMILES string of the molecule is C=C1O[P+](=O)O[C@H]2[C@@H](F)[C@H](n3cnc4c(N)ncnc43)O[C@@H]2COP(=O)(SCc2ccc(NC(=O)CNC(=O)CCCCCn3nnc4c3-c3ccccc3CN(C(=O)CCCCC(=O)NCCCCCCOP(C)O)c3ccccc3-4)cc2)O[C@H]2[C@@H](F)[C@H](n3cnc4c(N)ncnc43)O[C@H]12. The molecule has 4 amide bonds. The van der Waals surface area contributed by atoms with Crippen LogP contribution in [0.2, 0.25) is 0 Å². The molecule has 534 valence electrons. The number of fused-ring (bicyclic) bond motifs is 9. The number of alkyl halides is 2. The van der Waals surface area contributed by atoms with Gasteiger partial charge in [-0.25, -0.2) is 52.5 Å². The van der Waals surface area contributed by atoms with Gasteiger partial charge in [-0.3, -0.25) is 37.4 Å². The van der Waals surface area contributed by atoms with Gasteiger partial charge in [0.2, 0.25) is 23.6 Å². The fraction of sp³-hybridized carbons (Fsp3) is 0.438. The quantitative estimate of drug-likeness (QED) is 0.0206. The number of nitrogens with two attached hydrogens (primary N) is 2. The molecule has 0 bridgehead atoms. The predicted octanol–water partition coefficient (Wildman–Crippen LogP) is 9.61. The van der Waals surface area contributed by atoms with Gasteiger partial charge >= 0.3 is 15.1 Å². The number of nitrogens with one attached hydrogen (secondary N) is 3. The highest BCUT2D eigenvalue weighted by Gasteiger charge is 2.58. The summed E-state index contributed by atoms with van der Waals surface area (Å²) < 4.78 is 108. The molecule has 0 aliphatic carbocycles. The second kappa shape index (κ2) is 33.2. The van der Waals surface area contributed by atoms with Crippen molar-refractivity contribution in [2.75, 3.05) is 54.7 Å². The Hall–Kier alpha value is -8.39. The van der Waals surface area contributed by atoms with Crippen LogP contribution < -0.4 is 32.3 Å². The van der Waals surface area contributed by atoms with Crippen molar-refractivity contribution >= 4 is 104 Å². The Balaban J connectivity index is 0.624. The lowest BCUT2D eigenvalue weighted by atomic mass is 9.95. The van der Waals surface area contributed by atoms with Crippen molar-refractivity contribution in [1.82, 2.24) is 64.7 Å².